The maximum absolute atomic E-state index is 13.0. The second-order valence-corrected chi connectivity index (χ2v) is 6.69. The molecule has 0 fully saturated rings. The van der Waals surface area contributed by atoms with Gasteiger partial charge in [0.1, 0.15) is 17.9 Å². The summed E-state index contributed by atoms with van der Waals surface area (Å²) in [5.41, 5.74) is 0.627. The predicted octanol–water partition coefficient (Wildman–Crippen LogP) is 0.201. The average Bonchev–Trinajstić information content (AvgIpc) is 2.73. The molecule has 5 N–H and O–H groups in total. The third-order valence-electron chi connectivity index (χ3n) is 4.26. The zero-order valence-electron chi connectivity index (χ0n) is 16.9. The predicted molar refractivity (Wildman–Crippen MR) is 107 cm³/mol. The van der Waals surface area contributed by atoms with Gasteiger partial charge in [-0.05, 0) is 31.0 Å². The Morgan fingerprint density at radius 3 is 2.30 bits per heavy atom. The van der Waals surface area contributed by atoms with Crippen molar-refractivity contribution in [2.24, 2.45) is 0 Å². The number of benzene rings is 1. The first-order valence-electron chi connectivity index (χ1n) is 9.51. The lowest BCUT2D eigenvalue weighted by Crippen LogP contribution is -2.57. The number of carbonyl (C=O) groups is 4. The van der Waals surface area contributed by atoms with Crippen LogP contribution in [0.15, 0.2) is 24.3 Å². The Bertz CT molecular complexity index is 767. The molecular weight excluding hydrogens is 395 g/mol. The lowest BCUT2D eigenvalue weighted by atomic mass is 10.1. The van der Waals surface area contributed by atoms with E-state index < -0.39 is 47.5 Å². The molecule has 0 aliphatic heterocycles. The van der Waals surface area contributed by atoms with Gasteiger partial charge < -0.3 is 26.5 Å². The highest BCUT2D eigenvalue weighted by molar-refractivity contribution is 6.26. The zero-order chi connectivity index (χ0) is 22.7. The maximum Gasteiger partial charge on any atom is 0.245 e. The van der Waals surface area contributed by atoms with Crippen LogP contribution in [-0.4, -0.2) is 53.0 Å². The largest absolute Gasteiger partial charge is 0.391 e. The van der Waals surface area contributed by atoms with Gasteiger partial charge >= 0.3 is 0 Å². The lowest BCUT2D eigenvalue weighted by Gasteiger charge is -2.24. The molecular formula is C20H27FN4O5. The molecule has 3 atom stereocenters. The molecule has 1 aromatic carbocycles. The number of ketones is 1. The van der Waals surface area contributed by atoms with Gasteiger partial charge in [0.15, 0.2) is 5.78 Å². The van der Waals surface area contributed by atoms with Crippen LogP contribution >= 0.6 is 0 Å². The van der Waals surface area contributed by atoms with E-state index in [-0.39, 0.29) is 25.8 Å². The van der Waals surface area contributed by atoms with Crippen molar-refractivity contribution in [1.82, 2.24) is 16.0 Å². The number of nitrogens with one attached hydrogen (secondary N) is 4. The van der Waals surface area contributed by atoms with Gasteiger partial charge in [-0.25, -0.2) is 4.39 Å². The Labute approximate surface area is 173 Å². The second-order valence-electron chi connectivity index (χ2n) is 6.69. The van der Waals surface area contributed by atoms with E-state index in [1.54, 1.807) is 6.92 Å². The van der Waals surface area contributed by atoms with E-state index in [1.165, 1.54) is 31.2 Å². The number of halogens is 1. The number of aliphatic hydroxyl groups excluding tert-OH is 1. The van der Waals surface area contributed by atoms with Crippen molar-refractivity contribution in [2.45, 2.75) is 57.8 Å². The van der Waals surface area contributed by atoms with Gasteiger partial charge in [0.25, 0.3) is 0 Å². The molecule has 1 aromatic rings. The average molecular weight is 422 g/mol. The third-order valence-corrected chi connectivity index (χ3v) is 4.26. The molecule has 0 aliphatic carbocycles. The minimum absolute atomic E-state index is 0.0659. The summed E-state index contributed by atoms with van der Waals surface area (Å²) in [6.07, 6.45) is -0.726. The van der Waals surface area contributed by atoms with E-state index in [9.17, 15) is 28.7 Å². The normalized spacial score (nSPS) is 13.5. The minimum atomic E-state index is -1.27. The number of aliphatic hydroxyl groups is 1. The quantitative estimate of drug-likeness (QED) is 0.305. The van der Waals surface area contributed by atoms with Gasteiger partial charge in [0, 0.05) is 19.4 Å². The van der Waals surface area contributed by atoms with Crippen molar-refractivity contribution in [3.8, 4) is 0 Å². The van der Waals surface area contributed by atoms with Gasteiger partial charge in [-0.15, -0.1) is 0 Å². The van der Waals surface area contributed by atoms with E-state index in [0.717, 1.165) is 0 Å². The summed E-state index contributed by atoms with van der Waals surface area (Å²) in [6, 6.07) is 3.06. The summed E-state index contributed by atoms with van der Waals surface area (Å²) in [6.45, 7) is 2.97. The Kier molecular flexibility index (Phi) is 10.3. The Morgan fingerprint density at radius 2 is 1.77 bits per heavy atom. The molecule has 3 amide bonds. The number of amides is 3. The lowest BCUT2D eigenvalue weighted by molar-refractivity contribution is -0.134. The van der Waals surface area contributed by atoms with Gasteiger partial charge in [-0.3, -0.25) is 19.2 Å². The Balaban J connectivity index is 2.85. The second kappa shape index (κ2) is 12.4. The summed E-state index contributed by atoms with van der Waals surface area (Å²) in [4.78, 5) is 48.2. The van der Waals surface area contributed by atoms with Gasteiger partial charge in [0.05, 0.1) is 12.3 Å². The van der Waals surface area contributed by atoms with Crippen molar-refractivity contribution in [1.29, 1.82) is 5.41 Å². The Morgan fingerprint density at radius 1 is 1.13 bits per heavy atom. The molecule has 164 valence electrons. The first-order valence-corrected chi connectivity index (χ1v) is 9.51. The number of rotatable bonds is 12. The highest BCUT2D eigenvalue weighted by Crippen LogP contribution is 2.05. The standard InChI is InChI=1S/C20H27FN4O5/c1-3-17(28)25-18(12(2)26)20(30)24-16(9-8-15(27)10-22)19(29)23-11-13-4-6-14(21)7-5-13/h4-7,10,12,16,18,22,26H,3,8-9,11H2,1-2H3,(H,23,29)(H,24,30)(H,25,28)/t12?,16-,18-/m0/s1. The molecule has 9 nitrogen and oxygen atoms in total. The molecule has 1 rings (SSSR count). The fourth-order valence-electron chi connectivity index (χ4n) is 2.48. The van der Waals surface area contributed by atoms with Crippen LogP contribution in [0.2, 0.25) is 0 Å². The summed E-state index contributed by atoms with van der Waals surface area (Å²) >= 11 is 0. The summed E-state index contributed by atoms with van der Waals surface area (Å²) in [5, 5.41) is 24.2. The molecule has 0 heterocycles. The van der Waals surface area contributed by atoms with Crippen molar-refractivity contribution in [3.05, 3.63) is 35.6 Å². The minimum Gasteiger partial charge on any atom is -0.391 e. The van der Waals surface area contributed by atoms with Gasteiger partial charge in [-0.2, -0.15) is 0 Å². The van der Waals surface area contributed by atoms with Crippen LogP contribution in [0.1, 0.15) is 38.7 Å². The SMILES string of the molecule is CCC(=O)N[C@H](C(=O)N[C@@H](CCC(=O)C=N)C(=O)NCc1ccc(F)cc1)C(C)O. The van der Waals surface area contributed by atoms with Crippen LogP contribution < -0.4 is 16.0 Å². The fourth-order valence-corrected chi connectivity index (χ4v) is 2.48. The van der Waals surface area contributed by atoms with E-state index >= 15 is 0 Å². The molecule has 0 radical (unpaired) electrons. The molecule has 0 aliphatic rings. The number of hydrogen-bond donors (Lipinski definition) is 5. The molecule has 0 bridgehead atoms. The van der Waals surface area contributed by atoms with Crippen LogP contribution in [0.25, 0.3) is 0 Å². The molecule has 30 heavy (non-hydrogen) atoms. The molecule has 0 spiro atoms. The van der Waals surface area contributed by atoms with Gasteiger partial charge in [0.2, 0.25) is 17.7 Å². The molecule has 10 heteroatoms. The fraction of sp³-hybridized carbons (Fsp3) is 0.450. The Hall–Kier alpha value is -3.14. The zero-order valence-corrected chi connectivity index (χ0v) is 16.9. The number of hydrogen-bond acceptors (Lipinski definition) is 6. The third kappa shape index (κ3) is 8.48. The van der Waals surface area contributed by atoms with Crippen molar-refractivity contribution in [3.63, 3.8) is 0 Å². The van der Waals surface area contributed by atoms with E-state index in [0.29, 0.717) is 11.8 Å². The molecule has 0 aromatic heterocycles. The van der Waals surface area contributed by atoms with Crippen LogP contribution in [-0.2, 0) is 25.7 Å². The monoisotopic (exact) mass is 422 g/mol. The highest BCUT2D eigenvalue weighted by Gasteiger charge is 2.29. The van der Waals surface area contributed by atoms with Crippen LogP contribution in [0.3, 0.4) is 0 Å². The number of carbonyl (C=O) groups excluding carboxylic acids is 4. The molecule has 0 saturated heterocycles. The summed E-state index contributed by atoms with van der Waals surface area (Å²) in [7, 11) is 0. The first kappa shape index (κ1) is 24.9. The summed E-state index contributed by atoms with van der Waals surface area (Å²) in [5.74, 6) is -2.77. The smallest absolute Gasteiger partial charge is 0.245 e. The molecule has 0 saturated carbocycles. The van der Waals surface area contributed by atoms with Crippen molar-refractivity contribution < 1.29 is 28.7 Å². The van der Waals surface area contributed by atoms with Gasteiger partial charge in [-0.1, -0.05) is 19.1 Å². The topological polar surface area (TPSA) is 148 Å². The van der Waals surface area contributed by atoms with Crippen molar-refractivity contribution >= 4 is 29.7 Å². The van der Waals surface area contributed by atoms with E-state index in [2.05, 4.69) is 16.0 Å². The maximum atomic E-state index is 13.0. The van der Waals surface area contributed by atoms with Crippen LogP contribution in [0.5, 0.6) is 0 Å². The van der Waals surface area contributed by atoms with Crippen molar-refractivity contribution in [2.75, 3.05) is 0 Å². The highest BCUT2D eigenvalue weighted by atomic mass is 19.1. The first-order chi connectivity index (χ1) is 14.2. The van der Waals surface area contributed by atoms with Crippen LogP contribution in [0, 0.1) is 11.2 Å². The molecule has 1 unspecified atom stereocenters. The van der Waals surface area contributed by atoms with Crippen LogP contribution in [0.4, 0.5) is 4.39 Å². The van der Waals surface area contributed by atoms with E-state index in [1.807, 2.05) is 0 Å². The summed E-state index contributed by atoms with van der Waals surface area (Å²) < 4.78 is 13.0. The number of Topliss-reactive ketones (excluding diaryl/α,β-unsaturated/α-hetero) is 1. The van der Waals surface area contributed by atoms with E-state index in [4.69, 9.17) is 5.41 Å².